The predicted molar refractivity (Wildman–Crippen MR) is 96.8 cm³/mol. The highest BCUT2D eigenvalue weighted by molar-refractivity contribution is 6.06. The molecule has 4 nitrogen and oxygen atoms in total. The molecular weight excluding hydrogens is 336 g/mol. The lowest BCUT2D eigenvalue weighted by molar-refractivity contribution is 0.0978. The molecule has 0 aliphatic heterocycles. The first-order valence-corrected chi connectivity index (χ1v) is 8.58. The van der Waals surface area contributed by atoms with Crippen LogP contribution in [0.25, 0.3) is 11.0 Å². The summed E-state index contributed by atoms with van der Waals surface area (Å²) in [4.78, 5) is 21.1. The number of hydrogen-bond acceptors (Lipinski definition) is 3. The maximum absolute atomic E-state index is 13.9. The summed E-state index contributed by atoms with van der Waals surface area (Å²) in [6.07, 6.45) is 3.78. The van der Waals surface area contributed by atoms with E-state index in [-0.39, 0.29) is 24.4 Å². The van der Waals surface area contributed by atoms with E-state index in [1.54, 1.807) is 19.3 Å². The fourth-order valence-electron chi connectivity index (χ4n) is 3.05. The van der Waals surface area contributed by atoms with Gasteiger partial charge in [-0.2, -0.15) is 0 Å². The lowest BCUT2D eigenvalue weighted by Crippen LogP contribution is -2.04. The van der Waals surface area contributed by atoms with Crippen molar-refractivity contribution >= 4 is 16.8 Å². The Bertz CT molecular complexity index is 979. The van der Waals surface area contributed by atoms with Gasteiger partial charge in [-0.3, -0.25) is 19.2 Å². The molecule has 3 rings (SSSR count). The SMILES string of the molecule is Cc1cnc2c(C(=O)CCCF)cn(Cc3cc(F)c(C)nc3C)c2c1. The summed E-state index contributed by atoms with van der Waals surface area (Å²) < 4.78 is 28.3. The van der Waals surface area contributed by atoms with Crippen LogP contribution in [0.5, 0.6) is 0 Å². The highest BCUT2D eigenvalue weighted by Gasteiger charge is 2.17. The van der Waals surface area contributed by atoms with Gasteiger partial charge in [0.2, 0.25) is 0 Å². The smallest absolute Gasteiger partial charge is 0.166 e. The number of aryl methyl sites for hydroxylation is 3. The van der Waals surface area contributed by atoms with Crippen LogP contribution in [0.15, 0.2) is 24.5 Å². The first-order chi connectivity index (χ1) is 12.4. The van der Waals surface area contributed by atoms with Crippen molar-refractivity contribution < 1.29 is 13.6 Å². The second-order valence-corrected chi connectivity index (χ2v) is 6.57. The van der Waals surface area contributed by atoms with Crippen molar-refractivity contribution in [2.24, 2.45) is 0 Å². The monoisotopic (exact) mass is 357 g/mol. The highest BCUT2D eigenvalue weighted by atomic mass is 19.1. The normalized spacial score (nSPS) is 11.3. The summed E-state index contributed by atoms with van der Waals surface area (Å²) in [5.41, 5.74) is 4.69. The third-order valence-electron chi connectivity index (χ3n) is 4.48. The van der Waals surface area contributed by atoms with Crippen LogP contribution in [0.3, 0.4) is 0 Å². The largest absolute Gasteiger partial charge is 0.341 e. The Hall–Kier alpha value is -2.63. The fraction of sp³-hybridized carbons (Fsp3) is 0.350. The zero-order valence-electron chi connectivity index (χ0n) is 15.1. The number of carbonyl (C=O) groups is 1. The fourth-order valence-corrected chi connectivity index (χ4v) is 3.05. The topological polar surface area (TPSA) is 47.8 Å². The molecule has 3 aromatic heterocycles. The number of nitrogens with zero attached hydrogens (tertiary/aromatic N) is 3. The number of hydrogen-bond donors (Lipinski definition) is 0. The van der Waals surface area contributed by atoms with E-state index in [1.807, 2.05) is 24.5 Å². The molecule has 0 atom stereocenters. The van der Waals surface area contributed by atoms with Crippen LogP contribution in [-0.4, -0.2) is 27.0 Å². The minimum Gasteiger partial charge on any atom is -0.341 e. The minimum absolute atomic E-state index is 0.132. The van der Waals surface area contributed by atoms with Crippen LogP contribution in [0.1, 0.15) is 45.7 Å². The van der Waals surface area contributed by atoms with E-state index in [1.165, 1.54) is 6.07 Å². The van der Waals surface area contributed by atoms with Crippen LogP contribution in [0.4, 0.5) is 8.78 Å². The summed E-state index contributed by atoms with van der Waals surface area (Å²) in [5, 5.41) is 0. The highest BCUT2D eigenvalue weighted by Crippen LogP contribution is 2.24. The lowest BCUT2D eigenvalue weighted by Gasteiger charge is -2.10. The molecule has 0 amide bonds. The number of rotatable bonds is 6. The van der Waals surface area contributed by atoms with Gasteiger partial charge >= 0.3 is 0 Å². The van der Waals surface area contributed by atoms with Crippen molar-refractivity contribution in [2.75, 3.05) is 6.67 Å². The molecule has 0 saturated heterocycles. The molecule has 26 heavy (non-hydrogen) atoms. The second-order valence-electron chi connectivity index (χ2n) is 6.57. The second kappa shape index (κ2) is 7.32. The van der Waals surface area contributed by atoms with E-state index in [2.05, 4.69) is 9.97 Å². The number of alkyl halides is 1. The molecule has 0 aromatic carbocycles. The number of Topliss-reactive ketones (excluding diaryl/α,β-unsaturated/α-hetero) is 1. The number of ketones is 1. The molecule has 0 aliphatic rings. The van der Waals surface area contributed by atoms with Gasteiger partial charge in [-0.05, 0) is 50.5 Å². The first kappa shape index (κ1) is 18.2. The van der Waals surface area contributed by atoms with Crippen LogP contribution < -0.4 is 0 Å². The Balaban J connectivity index is 2.07. The summed E-state index contributed by atoms with van der Waals surface area (Å²) >= 11 is 0. The summed E-state index contributed by atoms with van der Waals surface area (Å²) in [5.74, 6) is -0.483. The molecule has 0 fully saturated rings. The van der Waals surface area contributed by atoms with E-state index < -0.39 is 6.67 Å². The number of carbonyl (C=O) groups excluding carboxylic acids is 1. The number of halogens is 2. The third kappa shape index (κ3) is 3.49. The van der Waals surface area contributed by atoms with Gasteiger partial charge < -0.3 is 4.57 Å². The van der Waals surface area contributed by atoms with Crippen LogP contribution >= 0.6 is 0 Å². The van der Waals surface area contributed by atoms with E-state index >= 15 is 0 Å². The van der Waals surface area contributed by atoms with Crippen molar-refractivity contribution in [3.05, 3.63) is 58.4 Å². The Morgan fingerprint density at radius 2 is 1.96 bits per heavy atom. The van der Waals surface area contributed by atoms with E-state index in [4.69, 9.17) is 0 Å². The Morgan fingerprint density at radius 1 is 1.19 bits per heavy atom. The quantitative estimate of drug-likeness (QED) is 0.611. The van der Waals surface area contributed by atoms with Gasteiger partial charge in [0, 0.05) is 31.1 Å². The molecule has 0 saturated carbocycles. The lowest BCUT2D eigenvalue weighted by atomic mass is 10.1. The predicted octanol–water partition coefficient (Wildman–Crippen LogP) is 4.48. The van der Waals surface area contributed by atoms with Gasteiger partial charge in [-0.25, -0.2) is 4.39 Å². The van der Waals surface area contributed by atoms with Crippen molar-refractivity contribution in [1.82, 2.24) is 14.5 Å². The summed E-state index contributed by atoms with van der Waals surface area (Å²) in [6, 6.07) is 3.43. The molecule has 3 aromatic rings. The van der Waals surface area contributed by atoms with E-state index in [0.29, 0.717) is 23.3 Å². The number of fused-ring (bicyclic) bond motifs is 1. The molecule has 0 radical (unpaired) electrons. The van der Waals surface area contributed by atoms with Crippen molar-refractivity contribution in [3.63, 3.8) is 0 Å². The molecule has 3 heterocycles. The van der Waals surface area contributed by atoms with Gasteiger partial charge in [0.1, 0.15) is 5.82 Å². The first-order valence-electron chi connectivity index (χ1n) is 8.58. The molecule has 136 valence electrons. The Morgan fingerprint density at radius 3 is 2.69 bits per heavy atom. The Kier molecular flexibility index (Phi) is 5.11. The average Bonchev–Trinajstić information content (AvgIpc) is 2.95. The molecule has 0 N–H and O–H groups in total. The van der Waals surface area contributed by atoms with Crippen LogP contribution in [0.2, 0.25) is 0 Å². The van der Waals surface area contributed by atoms with Gasteiger partial charge in [0.15, 0.2) is 5.78 Å². The molecule has 0 bridgehead atoms. The van der Waals surface area contributed by atoms with Crippen molar-refractivity contribution in [2.45, 2.75) is 40.2 Å². The van der Waals surface area contributed by atoms with Gasteiger partial charge in [0.05, 0.1) is 29.0 Å². The van der Waals surface area contributed by atoms with Crippen LogP contribution in [-0.2, 0) is 6.54 Å². The zero-order chi connectivity index (χ0) is 18.8. The molecule has 0 aliphatic carbocycles. The van der Waals surface area contributed by atoms with Gasteiger partial charge in [0.25, 0.3) is 0 Å². The number of pyridine rings is 2. The molecular formula is C20H21F2N3O. The zero-order valence-corrected chi connectivity index (χ0v) is 15.1. The number of aromatic nitrogens is 3. The molecule has 0 unspecified atom stereocenters. The molecule has 0 spiro atoms. The van der Waals surface area contributed by atoms with Crippen LogP contribution in [0, 0.1) is 26.6 Å². The van der Waals surface area contributed by atoms with E-state index in [0.717, 1.165) is 22.3 Å². The summed E-state index contributed by atoms with van der Waals surface area (Å²) in [7, 11) is 0. The van der Waals surface area contributed by atoms with Crippen molar-refractivity contribution in [3.8, 4) is 0 Å². The maximum atomic E-state index is 13.9. The standard InChI is InChI=1S/C20H21F2N3O/c1-12-7-18-20(23-9-12)16(19(26)5-4-6-21)11-25(18)10-15-8-17(22)14(3)24-13(15)2/h7-9,11H,4-6,10H2,1-3H3. The minimum atomic E-state index is -0.523. The summed E-state index contributed by atoms with van der Waals surface area (Å²) in [6.45, 7) is 5.25. The van der Waals surface area contributed by atoms with Gasteiger partial charge in [-0.15, -0.1) is 0 Å². The van der Waals surface area contributed by atoms with Crippen molar-refractivity contribution in [1.29, 1.82) is 0 Å². The van der Waals surface area contributed by atoms with E-state index in [9.17, 15) is 13.6 Å². The average molecular weight is 357 g/mol. The Labute approximate surface area is 150 Å². The maximum Gasteiger partial charge on any atom is 0.166 e. The van der Waals surface area contributed by atoms with Gasteiger partial charge in [-0.1, -0.05) is 0 Å². The molecule has 6 heteroatoms. The third-order valence-corrected chi connectivity index (χ3v) is 4.48.